The van der Waals surface area contributed by atoms with Gasteiger partial charge in [-0.1, -0.05) is 18.2 Å². The molecule has 0 radical (unpaired) electrons. The fourth-order valence-electron chi connectivity index (χ4n) is 3.67. The van der Waals surface area contributed by atoms with Crippen molar-refractivity contribution in [2.45, 2.75) is 13.5 Å². The van der Waals surface area contributed by atoms with Crippen LogP contribution in [0.5, 0.6) is 0 Å². The number of carbonyl (C=O) groups is 1. The van der Waals surface area contributed by atoms with Crippen LogP contribution in [0.2, 0.25) is 0 Å². The maximum Gasteiger partial charge on any atom is 0.323 e. The van der Waals surface area contributed by atoms with Gasteiger partial charge in [0, 0.05) is 56.4 Å². The molecule has 1 aliphatic rings. The summed E-state index contributed by atoms with van der Waals surface area (Å²) >= 11 is 0. The van der Waals surface area contributed by atoms with E-state index in [2.05, 4.69) is 55.9 Å². The summed E-state index contributed by atoms with van der Waals surface area (Å²) in [7, 11) is 0. The highest BCUT2D eigenvalue weighted by atomic mass is 16.1. The fourth-order valence-corrected chi connectivity index (χ4v) is 3.67. The minimum atomic E-state index is -0.356. The van der Waals surface area contributed by atoms with E-state index in [1.165, 1.54) is 11.3 Å². The zero-order valence-corrected chi connectivity index (χ0v) is 15.8. The molecule has 2 aromatic heterocycles. The fraction of sp³-hybridized carbons (Fsp3) is 0.286. The van der Waals surface area contributed by atoms with Gasteiger partial charge in [0.05, 0.1) is 5.69 Å². The highest BCUT2D eigenvalue weighted by Crippen LogP contribution is 2.21. The molecule has 2 N–H and O–H groups in total. The average molecular weight is 377 g/mol. The molecule has 7 nitrogen and oxygen atoms in total. The lowest BCUT2D eigenvalue weighted by molar-refractivity contribution is 0.103. The molecular formula is C21H23N5O2. The summed E-state index contributed by atoms with van der Waals surface area (Å²) in [4.78, 5) is 38.6. The molecule has 0 aliphatic carbocycles. The topological polar surface area (TPSA) is 85.1 Å². The largest absolute Gasteiger partial charge is 0.369 e. The number of anilines is 1. The van der Waals surface area contributed by atoms with E-state index in [-0.39, 0.29) is 11.5 Å². The number of imidazole rings is 1. The van der Waals surface area contributed by atoms with Crippen LogP contribution < -0.4 is 10.6 Å². The molecule has 0 unspecified atom stereocenters. The molecular weight excluding hydrogens is 354 g/mol. The van der Waals surface area contributed by atoms with Gasteiger partial charge in [0.1, 0.15) is 5.69 Å². The third-order valence-corrected chi connectivity index (χ3v) is 5.18. The Morgan fingerprint density at radius 2 is 1.75 bits per heavy atom. The standard InChI is InChI=1S/C21H23N5O2/c1-15-4-2-3-5-18(15)26-12-10-25(11-13-26)14-17-19(24-21(28)23-17)20(27)16-6-8-22-9-7-16/h2-9H,10-14H2,1H3,(H2,23,24,28). The van der Waals surface area contributed by atoms with Crippen molar-refractivity contribution >= 4 is 11.5 Å². The van der Waals surface area contributed by atoms with E-state index in [1.54, 1.807) is 24.5 Å². The zero-order chi connectivity index (χ0) is 19.5. The molecule has 144 valence electrons. The molecule has 0 spiro atoms. The first kappa shape index (κ1) is 18.2. The Kier molecular flexibility index (Phi) is 5.08. The van der Waals surface area contributed by atoms with Crippen LogP contribution in [0.25, 0.3) is 0 Å². The monoisotopic (exact) mass is 377 g/mol. The van der Waals surface area contributed by atoms with Crippen LogP contribution in [0.1, 0.15) is 27.3 Å². The van der Waals surface area contributed by atoms with Gasteiger partial charge in [-0.15, -0.1) is 0 Å². The van der Waals surface area contributed by atoms with Gasteiger partial charge >= 0.3 is 5.69 Å². The van der Waals surface area contributed by atoms with Gasteiger partial charge in [-0.25, -0.2) is 4.79 Å². The number of hydrogen-bond acceptors (Lipinski definition) is 5. The van der Waals surface area contributed by atoms with E-state index in [1.807, 2.05) is 0 Å². The number of rotatable bonds is 5. The number of piperazine rings is 1. The quantitative estimate of drug-likeness (QED) is 0.664. The molecule has 0 amide bonds. The molecule has 28 heavy (non-hydrogen) atoms. The van der Waals surface area contributed by atoms with E-state index in [9.17, 15) is 9.59 Å². The van der Waals surface area contributed by atoms with Gasteiger partial charge in [0.2, 0.25) is 5.78 Å². The molecule has 0 saturated carbocycles. The molecule has 4 rings (SSSR count). The number of carbonyl (C=O) groups excluding carboxylic acids is 1. The van der Waals surface area contributed by atoms with Crippen molar-refractivity contribution in [1.82, 2.24) is 19.9 Å². The van der Waals surface area contributed by atoms with Crippen LogP contribution in [0.3, 0.4) is 0 Å². The summed E-state index contributed by atoms with van der Waals surface area (Å²) in [5, 5.41) is 0. The van der Waals surface area contributed by atoms with Crippen molar-refractivity contribution in [2.24, 2.45) is 0 Å². The van der Waals surface area contributed by atoms with E-state index in [4.69, 9.17) is 0 Å². The molecule has 3 heterocycles. The van der Waals surface area contributed by atoms with Gasteiger partial charge < -0.3 is 14.9 Å². The predicted molar refractivity (Wildman–Crippen MR) is 108 cm³/mol. The number of aryl methyl sites for hydroxylation is 1. The molecule has 1 aliphatic heterocycles. The highest BCUT2D eigenvalue weighted by molar-refractivity contribution is 6.08. The summed E-state index contributed by atoms with van der Waals surface area (Å²) in [6.45, 7) is 6.21. The van der Waals surface area contributed by atoms with Crippen molar-refractivity contribution in [3.63, 3.8) is 0 Å². The van der Waals surface area contributed by atoms with Gasteiger partial charge in [-0.3, -0.25) is 14.7 Å². The highest BCUT2D eigenvalue weighted by Gasteiger charge is 2.22. The minimum Gasteiger partial charge on any atom is -0.369 e. The normalized spacial score (nSPS) is 15.0. The Hall–Kier alpha value is -3.19. The lowest BCUT2D eigenvalue weighted by atomic mass is 10.1. The van der Waals surface area contributed by atoms with Crippen molar-refractivity contribution in [1.29, 1.82) is 0 Å². The first-order chi connectivity index (χ1) is 13.6. The van der Waals surface area contributed by atoms with E-state index in [0.717, 1.165) is 26.2 Å². The Balaban J connectivity index is 1.46. The third kappa shape index (κ3) is 3.75. The second kappa shape index (κ2) is 7.82. The number of nitrogens with one attached hydrogen (secondary N) is 2. The van der Waals surface area contributed by atoms with Gasteiger partial charge in [0.25, 0.3) is 0 Å². The molecule has 7 heteroatoms. The summed E-state index contributed by atoms with van der Waals surface area (Å²) in [6.07, 6.45) is 3.14. The van der Waals surface area contributed by atoms with Crippen LogP contribution in [-0.4, -0.2) is 51.8 Å². The van der Waals surface area contributed by atoms with Gasteiger partial charge in [-0.05, 0) is 30.7 Å². The maximum atomic E-state index is 12.8. The van der Waals surface area contributed by atoms with Crippen molar-refractivity contribution < 1.29 is 4.79 Å². The zero-order valence-electron chi connectivity index (χ0n) is 15.8. The SMILES string of the molecule is Cc1ccccc1N1CCN(Cc2[nH]c(=O)[nH]c2C(=O)c2ccncc2)CC1. The second-order valence-corrected chi connectivity index (χ2v) is 7.05. The number of ketones is 1. The maximum absolute atomic E-state index is 12.8. The first-order valence-electron chi connectivity index (χ1n) is 9.40. The molecule has 3 aromatic rings. The van der Waals surface area contributed by atoms with Crippen LogP contribution >= 0.6 is 0 Å². The molecule has 1 aromatic carbocycles. The summed E-state index contributed by atoms with van der Waals surface area (Å²) < 4.78 is 0. The number of H-pyrrole nitrogens is 2. The van der Waals surface area contributed by atoms with Crippen LogP contribution in [0.15, 0.2) is 53.6 Å². The van der Waals surface area contributed by atoms with Crippen LogP contribution in [0, 0.1) is 6.92 Å². The van der Waals surface area contributed by atoms with Crippen molar-refractivity contribution in [3.05, 3.63) is 81.8 Å². The van der Waals surface area contributed by atoms with E-state index < -0.39 is 0 Å². The third-order valence-electron chi connectivity index (χ3n) is 5.18. The first-order valence-corrected chi connectivity index (χ1v) is 9.40. The number of para-hydroxylation sites is 1. The second-order valence-electron chi connectivity index (χ2n) is 7.05. The van der Waals surface area contributed by atoms with Crippen molar-refractivity contribution in [2.75, 3.05) is 31.1 Å². The lowest BCUT2D eigenvalue weighted by Gasteiger charge is -2.36. The number of benzene rings is 1. The molecule has 1 fully saturated rings. The number of pyridine rings is 1. The van der Waals surface area contributed by atoms with Gasteiger partial charge in [0.15, 0.2) is 0 Å². The molecule has 0 bridgehead atoms. The Labute approximate surface area is 163 Å². The van der Waals surface area contributed by atoms with Crippen LogP contribution in [-0.2, 0) is 6.54 Å². The number of nitrogens with zero attached hydrogens (tertiary/aromatic N) is 3. The Bertz CT molecular complexity index is 1020. The van der Waals surface area contributed by atoms with E-state index >= 15 is 0 Å². The number of aromatic amines is 2. The van der Waals surface area contributed by atoms with Crippen LogP contribution in [0.4, 0.5) is 5.69 Å². The van der Waals surface area contributed by atoms with E-state index in [0.29, 0.717) is 23.5 Å². The minimum absolute atomic E-state index is 0.200. The molecule has 1 saturated heterocycles. The Morgan fingerprint density at radius 1 is 1.04 bits per heavy atom. The summed E-state index contributed by atoms with van der Waals surface area (Å²) in [5.41, 5.74) is 3.66. The predicted octanol–water partition coefficient (Wildman–Crippen LogP) is 1.96. The summed E-state index contributed by atoms with van der Waals surface area (Å²) in [6, 6.07) is 11.7. The lowest BCUT2D eigenvalue weighted by Crippen LogP contribution is -2.46. The Morgan fingerprint density at radius 3 is 2.46 bits per heavy atom. The average Bonchev–Trinajstić information content (AvgIpc) is 3.09. The smallest absolute Gasteiger partial charge is 0.323 e. The molecule has 0 atom stereocenters. The number of aromatic nitrogens is 3. The van der Waals surface area contributed by atoms with Gasteiger partial charge in [-0.2, -0.15) is 0 Å². The summed E-state index contributed by atoms with van der Waals surface area (Å²) in [5.74, 6) is -0.200. The van der Waals surface area contributed by atoms with Crippen molar-refractivity contribution in [3.8, 4) is 0 Å². The number of hydrogen-bond donors (Lipinski definition) is 2.